The van der Waals surface area contributed by atoms with Gasteiger partial charge >= 0.3 is 6.01 Å². The Hall–Kier alpha value is -3.19. The van der Waals surface area contributed by atoms with Crippen LogP contribution in [0.2, 0.25) is 0 Å². The van der Waals surface area contributed by atoms with Crippen molar-refractivity contribution in [3.63, 3.8) is 0 Å². The fraction of sp³-hybridized carbons (Fsp3) is 0.348. The van der Waals surface area contributed by atoms with Crippen molar-refractivity contribution < 1.29 is 13.9 Å². The molecule has 156 valence electrons. The molecule has 0 saturated heterocycles. The van der Waals surface area contributed by atoms with Crippen LogP contribution in [0.25, 0.3) is 0 Å². The van der Waals surface area contributed by atoms with Crippen molar-refractivity contribution >= 4 is 29.0 Å². The molecule has 0 bridgehead atoms. The Morgan fingerprint density at radius 2 is 1.90 bits per heavy atom. The standard InChI is InChI=1S/C23H26N4O3/c1-15(2)13-29-14-22(28)27-20-7-5-4-6-17(20)8-9-18-10-11-19(12-21(18)27)24-23-26-25-16(3)30-23/h4-7,10-12,15H,8-9,13-14H2,1-3H3,(H,24,26). The van der Waals surface area contributed by atoms with Gasteiger partial charge in [-0.3, -0.25) is 9.69 Å². The number of fused-ring (bicyclic) bond motifs is 2. The average molecular weight is 406 g/mol. The van der Waals surface area contributed by atoms with E-state index in [2.05, 4.69) is 35.4 Å². The maximum Gasteiger partial charge on any atom is 0.320 e. The van der Waals surface area contributed by atoms with Crippen LogP contribution >= 0.6 is 0 Å². The highest BCUT2D eigenvalue weighted by Crippen LogP contribution is 2.38. The summed E-state index contributed by atoms with van der Waals surface area (Å²) in [6, 6.07) is 14.3. The van der Waals surface area contributed by atoms with E-state index in [0.717, 1.165) is 41.0 Å². The minimum absolute atomic E-state index is 0.0342. The number of carbonyl (C=O) groups is 1. The summed E-state index contributed by atoms with van der Waals surface area (Å²) in [4.78, 5) is 15.1. The van der Waals surface area contributed by atoms with E-state index in [-0.39, 0.29) is 12.5 Å². The molecule has 1 amide bonds. The van der Waals surface area contributed by atoms with Gasteiger partial charge in [0.25, 0.3) is 5.91 Å². The second kappa shape index (κ2) is 8.67. The fourth-order valence-electron chi connectivity index (χ4n) is 3.59. The van der Waals surface area contributed by atoms with E-state index in [0.29, 0.717) is 24.4 Å². The van der Waals surface area contributed by atoms with Crippen LogP contribution in [0.3, 0.4) is 0 Å². The molecule has 0 saturated carbocycles. The second-order valence-corrected chi connectivity index (χ2v) is 7.86. The molecule has 4 rings (SSSR count). The third-order valence-electron chi connectivity index (χ3n) is 4.93. The Bertz CT molecular complexity index is 1040. The molecule has 3 aromatic rings. The van der Waals surface area contributed by atoms with Crippen LogP contribution in [0.1, 0.15) is 30.9 Å². The third kappa shape index (κ3) is 4.36. The lowest BCUT2D eigenvalue weighted by Gasteiger charge is -2.25. The lowest BCUT2D eigenvalue weighted by Crippen LogP contribution is -2.31. The van der Waals surface area contributed by atoms with Gasteiger partial charge in [0.05, 0.1) is 11.4 Å². The maximum absolute atomic E-state index is 13.3. The van der Waals surface area contributed by atoms with Crippen LogP contribution in [0.5, 0.6) is 0 Å². The molecule has 7 heteroatoms. The lowest BCUT2D eigenvalue weighted by atomic mass is 10.0. The van der Waals surface area contributed by atoms with E-state index in [1.54, 1.807) is 11.8 Å². The number of benzene rings is 2. The quantitative estimate of drug-likeness (QED) is 0.646. The molecule has 1 aliphatic heterocycles. The van der Waals surface area contributed by atoms with E-state index in [1.165, 1.54) is 0 Å². The summed E-state index contributed by atoms with van der Waals surface area (Å²) in [6.07, 6.45) is 1.72. The molecule has 7 nitrogen and oxygen atoms in total. The number of para-hydroxylation sites is 1. The molecule has 0 aliphatic carbocycles. The molecule has 0 fully saturated rings. The van der Waals surface area contributed by atoms with Crippen molar-refractivity contribution in [2.24, 2.45) is 5.92 Å². The van der Waals surface area contributed by atoms with Crippen LogP contribution in [-0.2, 0) is 22.4 Å². The third-order valence-corrected chi connectivity index (χ3v) is 4.93. The maximum atomic E-state index is 13.3. The first-order valence-corrected chi connectivity index (χ1v) is 10.2. The van der Waals surface area contributed by atoms with Crippen LogP contribution in [0.15, 0.2) is 46.9 Å². The number of aromatic nitrogens is 2. The van der Waals surface area contributed by atoms with Crippen LogP contribution in [0, 0.1) is 12.8 Å². The molecular weight excluding hydrogens is 380 g/mol. The highest BCUT2D eigenvalue weighted by atomic mass is 16.5. The van der Waals surface area contributed by atoms with Gasteiger partial charge in [0.2, 0.25) is 5.89 Å². The van der Waals surface area contributed by atoms with Crippen molar-refractivity contribution in [1.82, 2.24) is 10.2 Å². The molecular formula is C23H26N4O3. The monoisotopic (exact) mass is 406 g/mol. The van der Waals surface area contributed by atoms with Gasteiger partial charge in [-0.1, -0.05) is 43.2 Å². The molecule has 1 aromatic heterocycles. The highest BCUT2D eigenvalue weighted by molar-refractivity contribution is 6.03. The number of rotatable bonds is 6. The molecule has 0 radical (unpaired) electrons. The SMILES string of the molecule is Cc1nnc(Nc2ccc3c(c2)N(C(=O)COCC(C)C)c2ccccc2CC3)o1. The van der Waals surface area contributed by atoms with Crippen LogP contribution < -0.4 is 10.2 Å². The first kappa shape index (κ1) is 20.1. The molecule has 1 aliphatic rings. The number of carbonyl (C=O) groups excluding carboxylic acids is 1. The van der Waals surface area contributed by atoms with E-state index >= 15 is 0 Å². The van der Waals surface area contributed by atoms with Crippen LogP contribution in [0.4, 0.5) is 23.1 Å². The van der Waals surface area contributed by atoms with Crippen LogP contribution in [-0.4, -0.2) is 29.3 Å². The normalized spacial score (nSPS) is 13.0. The number of anilines is 4. The number of aryl methyl sites for hydroxylation is 3. The first-order valence-electron chi connectivity index (χ1n) is 10.2. The molecule has 2 heterocycles. The Labute approximate surface area is 176 Å². The second-order valence-electron chi connectivity index (χ2n) is 7.86. The average Bonchev–Trinajstić information content (AvgIpc) is 3.04. The van der Waals surface area contributed by atoms with E-state index in [1.807, 2.05) is 36.4 Å². The summed E-state index contributed by atoms with van der Waals surface area (Å²) < 4.78 is 11.1. The predicted molar refractivity (Wildman–Crippen MR) is 115 cm³/mol. The first-order chi connectivity index (χ1) is 14.5. The minimum Gasteiger partial charge on any atom is -0.408 e. The number of ether oxygens (including phenoxy) is 1. The van der Waals surface area contributed by atoms with Crippen molar-refractivity contribution in [2.75, 3.05) is 23.4 Å². The van der Waals surface area contributed by atoms with E-state index in [4.69, 9.17) is 9.15 Å². The van der Waals surface area contributed by atoms with E-state index in [9.17, 15) is 4.79 Å². The van der Waals surface area contributed by atoms with E-state index < -0.39 is 0 Å². The summed E-state index contributed by atoms with van der Waals surface area (Å²) in [5, 5.41) is 11.0. The van der Waals surface area contributed by atoms with Crippen molar-refractivity contribution in [2.45, 2.75) is 33.6 Å². The number of hydrogen-bond donors (Lipinski definition) is 1. The summed E-state index contributed by atoms with van der Waals surface area (Å²) in [7, 11) is 0. The predicted octanol–water partition coefficient (Wildman–Crippen LogP) is 4.56. The van der Waals surface area contributed by atoms with Gasteiger partial charge in [-0.05, 0) is 48.1 Å². The Morgan fingerprint density at radius 3 is 2.63 bits per heavy atom. The number of nitrogens with one attached hydrogen (secondary N) is 1. The molecule has 0 atom stereocenters. The van der Waals surface area contributed by atoms with Gasteiger partial charge in [-0.2, -0.15) is 0 Å². The van der Waals surface area contributed by atoms with Crippen molar-refractivity contribution in [3.8, 4) is 0 Å². The molecule has 2 aromatic carbocycles. The number of hydrogen-bond acceptors (Lipinski definition) is 6. The minimum atomic E-state index is -0.0861. The zero-order valence-corrected chi connectivity index (χ0v) is 17.5. The van der Waals surface area contributed by atoms with Crippen molar-refractivity contribution in [1.29, 1.82) is 0 Å². The lowest BCUT2D eigenvalue weighted by molar-refractivity contribution is -0.122. The number of nitrogens with zero attached hydrogens (tertiary/aromatic N) is 3. The topological polar surface area (TPSA) is 80.5 Å². The number of amides is 1. The largest absolute Gasteiger partial charge is 0.408 e. The Morgan fingerprint density at radius 1 is 1.13 bits per heavy atom. The zero-order chi connectivity index (χ0) is 21.1. The van der Waals surface area contributed by atoms with Gasteiger partial charge in [0, 0.05) is 19.2 Å². The van der Waals surface area contributed by atoms with Gasteiger partial charge < -0.3 is 14.5 Å². The Balaban J connectivity index is 1.70. The summed E-state index contributed by atoms with van der Waals surface area (Å²) in [6.45, 7) is 6.46. The smallest absolute Gasteiger partial charge is 0.320 e. The zero-order valence-electron chi connectivity index (χ0n) is 17.5. The highest BCUT2D eigenvalue weighted by Gasteiger charge is 2.26. The fourth-order valence-corrected chi connectivity index (χ4v) is 3.59. The molecule has 30 heavy (non-hydrogen) atoms. The Kier molecular flexibility index (Phi) is 5.81. The summed E-state index contributed by atoms with van der Waals surface area (Å²) in [5.74, 6) is 0.771. The van der Waals surface area contributed by atoms with Gasteiger partial charge in [-0.25, -0.2) is 0 Å². The molecule has 0 spiro atoms. The van der Waals surface area contributed by atoms with Gasteiger partial charge in [0.1, 0.15) is 6.61 Å². The van der Waals surface area contributed by atoms with Gasteiger partial charge in [0.15, 0.2) is 0 Å². The van der Waals surface area contributed by atoms with Crippen molar-refractivity contribution in [3.05, 3.63) is 59.5 Å². The molecule has 0 unspecified atom stereocenters. The summed E-state index contributed by atoms with van der Waals surface area (Å²) in [5.41, 5.74) is 4.78. The van der Waals surface area contributed by atoms with Gasteiger partial charge in [-0.15, -0.1) is 5.10 Å². The molecule has 1 N–H and O–H groups in total. The summed E-state index contributed by atoms with van der Waals surface area (Å²) >= 11 is 0.